The topological polar surface area (TPSA) is 74.8 Å². The number of nitrogens with one attached hydrogen (secondary N) is 3. The lowest BCUT2D eigenvalue weighted by Gasteiger charge is -2.11. The van der Waals surface area contributed by atoms with Crippen molar-refractivity contribution in [1.82, 2.24) is 16.0 Å². The van der Waals surface area contributed by atoms with Gasteiger partial charge in [0, 0.05) is 22.8 Å². The van der Waals surface area contributed by atoms with Crippen molar-refractivity contribution < 1.29 is 9.53 Å². The summed E-state index contributed by atoms with van der Waals surface area (Å²) in [7, 11) is 0. The first-order chi connectivity index (χ1) is 13.6. The minimum Gasteiger partial charge on any atom is -0.484 e. The summed E-state index contributed by atoms with van der Waals surface area (Å²) in [6.07, 6.45) is 1.07. The van der Waals surface area contributed by atoms with Crippen molar-refractivity contribution in [3.63, 3.8) is 0 Å². The normalized spacial score (nSPS) is 11.2. The molecule has 0 aliphatic carbocycles. The maximum Gasteiger partial charge on any atom is 0.257 e. The molecule has 1 aromatic heterocycles. The molecule has 0 bridgehead atoms. The zero-order valence-corrected chi connectivity index (χ0v) is 17.7. The first-order valence-electron chi connectivity index (χ1n) is 9.72. The van der Waals surface area contributed by atoms with Crippen LogP contribution >= 0.6 is 11.3 Å². The number of hydrogen-bond acceptors (Lipinski definition) is 4. The fourth-order valence-corrected chi connectivity index (χ4v) is 3.42. The molecule has 28 heavy (non-hydrogen) atoms. The van der Waals surface area contributed by atoms with E-state index in [0.29, 0.717) is 18.8 Å². The van der Waals surface area contributed by atoms with Gasteiger partial charge in [0.05, 0.1) is 13.1 Å². The predicted octanol–water partition coefficient (Wildman–Crippen LogP) is 3.08. The summed E-state index contributed by atoms with van der Waals surface area (Å²) in [5, 5.41) is 9.37. The van der Waals surface area contributed by atoms with E-state index in [-0.39, 0.29) is 12.5 Å². The lowest BCUT2D eigenvalue weighted by Crippen LogP contribution is -2.36. The molecule has 0 spiro atoms. The summed E-state index contributed by atoms with van der Waals surface area (Å²) in [4.78, 5) is 18.9. The van der Waals surface area contributed by atoms with Gasteiger partial charge >= 0.3 is 0 Å². The van der Waals surface area contributed by atoms with E-state index in [4.69, 9.17) is 4.74 Å². The van der Waals surface area contributed by atoms with Crippen LogP contribution in [-0.2, 0) is 24.3 Å². The van der Waals surface area contributed by atoms with Crippen LogP contribution in [-0.4, -0.2) is 31.6 Å². The molecule has 0 radical (unpaired) electrons. The first kappa shape index (κ1) is 21.8. The molecule has 152 valence electrons. The average Bonchev–Trinajstić information content (AvgIpc) is 3.17. The number of aliphatic imine (C=N–C) groups is 1. The standard InChI is InChI=1S/C21H30N4O2S/c1-4-18-10-11-19(28-18)14-25-21(23-6-3)24-13-16-8-7-9-17(12-16)27-15-20(26)22-5-2/h7-12H,4-6,13-15H2,1-3H3,(H,22,26)(H2,23,24,25). The molecular weight excluding hydrogens is 372 g/mol. The Morgan fingerprint density at radius 2 is 1.82 bits per heavy atom. The highest BCUT2D eigenvalue weighted by atomic mass is 32.1. The van der Waals surface area contributed by atoms with Gasteiger partial charge in [-0.05, 0) is 50.1 Å². The Bertz CT molecular complexity index is 773. The molecule has 6 nitrogen and oxygen atoms in total. The maximum atomic E-state index is 11.5. The Kier molecular flexibility index (Phi) is 9.34. The maximum absolute atomic E-state index is 11.5. The van der Waals surface area contributed by atoms with Crippen molar-refractivity contribution >= 4 is 23.2 Å². The highest BCUT2D eigenvalue weighted by molar-refractivity contribution is 7.11. The van der Waals surface area contributed by atoms with E-state index in [1.165, 1.54) is 9.75 Å². The predicted molar refractivity (Wildman–Crippen MR) is 116 cm³/mol. The number of aryl methyl sites for hydroxylation is 1. The quantitative estimate of drug-likeness (QED) is 0.422. The number of amides is 1. The number of carbonyl (C=O) groups is 1. The second kappa shape index (κ2) is 12.0. The molecule has 2 rings (SSSR count). The van der Waals surface area contributed by atoms with Crippen molar-refractivity contribution in [3.05, 3.63) is 51.7 Å². The number of guanidine groups is 1. The van der Waals surface area contributed by atoms with Crippen LogP contribution in [0.1, 0.15) is 36.1 Å². The summed E-state index contributed by atoms with van der Waals surface area (Å²) in [6, 6.07) is 12.0. The monoisotopic (exact) mass is 402 g/mol. The molecule has 3 N–H and O–H groups in total. The number of carbonyl (C=O) groups excluding carboxylic acids is 1. The Balaban J connectivity index is 1.92. The SMILES string of the molecule is CCNC(=O)COc1cccc(CN=C(NCC)NCc2ccc(CC)s2)c1. The summed E-state index contributed by atoms with van der Waals surface area (Å²) in [6.45, 7) is 8.80. The molecule has 0 atom stereocenters. The van der Waals surface area contributed by atoms with E-state index >= 15 is 0 Å². The Morgan fingerprint density at radius 1 is 1.04 bits per heavy atom. The van der Waals surface area contributed by atoms with E-state index in [1.807, 2.05) is 49.4 Å². The van der Waals surface area contributed by atoms with Gasteiger partial charge in [-0.1, -0.05) is 19.1 Å². The smallest absolute Gasteiger partial charge is 0.257 e. The van der Waals surface area contributed by atoms with Crippen LogP contribution in [0.3, 0.4) is 0 Å². The summed E-state index contributed by atoms with van der Waals surface area (Å²) in [5.41, 5.74) is 1.02. The third-order valence-electron chi connectivity index (χ3n) is 3.90. The number of hydrogen-bond donors (Lipinski definition) is 3. The van der Waals surface area contributed by atoms with Crippen molar-refractivity contribution in [2.75, 3.05) is 19.7 Å². The van der Waals surface area contributed by atoms with E-state index in [0.717, 1.165) is 31.0 Å². The Labute approximate surface area is 171 Å². The van der Waals surface area contributed by atoms with Gasteiger partial charge in [0.15, 0.2) is 12.6 Å². The van der Waals surface area contributed by atoms with Crippen LogP contribution in [0.5, 0.6) is 5.75 Å². The fraction of sp³-hybridized carbons (Fsp3) is 0.429. The van der Waals surface area contributed by atoms with Gasteiger partial charge in [-0.3, -0.25) is 4.79 Å². The zero-order valence-electron chi connectivity index (χ0n) is 16.9. The highest BCUT2D eigenvalue weighted by Crippen LogP contribution is 2.16. The van der Waals surface area contributed by atoms with Crippen molar-refractivity contribution in [2.45, 2.75) is 40.3 Å². The first-order valence-corrected chi connectivity index (χ1v) is 10.5. The van der Waals surface area contributed by atoms with Gasteiger partial charge in [0.1, 0.15) is 5.75 Å². The molecule has 0 aliphatic heterocycles. The summed E-state index contributed by atoms with van der Waals surface area (Å²) >= 11 is 1.83. The number of likely N-dealkylation sites (N-methyl/N-ethyl adjacent to an activating group) is 1. The number of benzene rings is 1. The Morgan fingerprint density at radius 3 is 2.54 bits per heavy atom. The van der Waals surface area contributed by atoms with Gasteiger partial charge in [-0.25, -0.2) is 4.99 Å². The van der Waals surface area contributed by atoms with Gasteiger partial charge in [-0.15, -0.1) is 11.3 Å². The summed E-state index contributed by atoms with van der Waals surface area (Å²) in [5.74, 6) is 1.33. The Hall–Kier alpha value is -2.54. The van der Waals surface area contributed by atoms with E-state index in [1.54, 1.807) is 0 Å². The number of ether oxygens (including phenoxy) is 1. The molecule has 1 amide bonds. The van der Waals surface area contributed by atoms with Crippen molar-refractivity contribution in [3.8, 4) is 5.75 Å². The molecule has 1 aromatic carbocycles. The molecule has 0 unspecified atom stereocenters. The molecule has 0 saturated heterocycles. The lowest BCUT2D eigenvalue weighted by atomic mass is 10.2. The van der Waals surface area contributed by atoms with E-state index in [2.05, 4.69) is 40.0 Å². The number of rotatable bonds is 10. The minimum atomic E-state index is -0.121. The highest BCUT2D eigenvalue weighted by Gasteiger charge is 2.04. The van der Waals surface area contributed by atoms with Crippen LogP contribution in [0, 0.1) is 0 Å². The minimum absolute atomic E-state index is 0.0192. The molecule has 0 saturated carbocycles. The third kappa shape index (κ3) is 7.60. The molecule has 2 aromatic rings. The molecule has 7 heteroatoms. The van der Waals surface area contributed by atoms with Crippen molar-refractivity contribution in [2.24, 2.45) is 4.99 Å². The summed E-state index contributed by atoms with van der Waals surface area (Å²) < 4.78 is 5.54. The van der Waals surface area contributed by atoms with E-state index < -0.39 is 0 Å². The van der Waals surface area contributed by atoms with Crippen molar-refractivity contribution in [1.29, 1.82) is 0 Å². The van der Waals surface area contributed by atoms with Crippen LogP contribution in [0.4, 0.5) is 0 Å². The molecule has 0 fully saturated rings. The van der Waals surface area contributed by atoms with Gasteiger partial charge < -0.3 is 20.7 Å². The van der Waals surface area contributed by atoms with Crippen LogP contribution in [0.15, 0.2) is 41.4 Å². The van der Waals surface area contributed by atoms with Crippen LogP contribution in [0.25, 0.3) is 0 Å². The zero-order chi connectivity index (χ0) is 20.2. The van der Waals surface area contributed by atoms with Gasteiger partial charge in [0.25, 0.3) is 5.91 Å². The van der Waals surface area contributed by atoms with Gasteiger partial charge in [0.2, 0.25) is 0 Å². The molecular formula is C21H30N4O2S. The molecule has 1 heterocycles. The van der Waals surface area contributed by atoms with E-state index in [9.17, 15) is 4.79 Å². The van der Waals surface area contributed by atoms with Crippen LogP contribution in [0.2, 0.25) is 0 Å². The second-order valence-corrected chi connectivity index (χ2v) is 7.41. The number of thiophene rings is 1. The van der Waals surface area contributed by atoms with Gasteiger partial charge in [-0.2, -0.15) is 0 Å². The number of nitrogens with zero attached hydrogens (tertiary/aromatic N) is 1. The molecule has 0 aliphatic rings. The third-order valence-corrected chi connectivity index (χ3v) is 5.13. The largest absolute Gasteiger partial charge is 0.484 e. The average molecular weight is 403 g/mol. The lowest BCUT2D eigenvalue weighted by molar-refractivity contribution is -0.122. The fourth-order valence-electron chi connectivity index (χ4n) is 2.52. The second-order valence-electron chi connectivity index (χ2n) is 6.16. The van der Waals surface area contributed by atoms with Crippen LogP contribution < -0.4 is 20.7 Å².